The highest BCUT2D eigenvalue weighted by Crippen LogP contribution is 2.33. The van der Waals surface area contributed by atoms with Crippen molar-refractivity contribution in [2.24, 2.45) is 11.3 Å². The van der Waals surface area contributed by atoms with Crippen molar-refractivity contribution in [2.45, 2.75) is 46.8 Å². The number of esters is 1. The summed E-state index contributed by atoms with van der Waals surface area (Å²) in [5.74, 6) is -1.02. The predicted molar refractivity (Wildman–Crippen MR) is 99.8 cm³/mol. The Hall–Kier alpha value is -2.40. The summed E-state index contributed by atoms with van der Waals surface area (Å²) in [5, 5.41) is 13.4. The number of carbonyl (C=O) groups excluding carboxylic acids is 2. The Bertz CT molecular complexity index is 713. The molecule has 1 aromatic carbocycles. The van der Waals surface area contributed by atoms with E-state index in [-0.39, 0.29) is 17.7 Å². The molecule has 1 aliphatic carbocycles. The summed E-state index contributed by atoms with van der Waals surface area (Å²) in [6.45, 7) is 7.75. The van der Waals surface area contributed by atoms with Crippen LogP contribution in [0.2, 0.25) is 0 Å². The first kappa shape index (κ1) is 19.9. The first-order valence-electron chi connectivity index (χ1n) is 8.78. The van der Waals surface area contributed by atoms with Gasteiger partial charge in [0.2, 0.25) is 5.91 Å². The van der Waals surface area contributed by atoms with Crippen LogP contribution >= 0.6 is 0 Å². The molecule has 140 valence electrons. The fraction of sp³-hybridized carbons (Fsp3) is 0.429. The zero-order valence-corrected chi connectivity index (χ0v) is 15.8. The Kier molecular flexibility index (Phi) is 6.37. The van der Waals surface area contributed by atoms with Crippen molar-refractivity contribution >= 4 is 11.9 Å². The van der Waals surface area contributed by atoms with Gasteiger partial charge in [0.15, 0.2) is 0 Å². The Morgan fingerprint density at radius 2 is 1.88 bits per heavy atom. The zero-order chi connectivity index (χ0) is 19.3. The number of hydrogen-bond acceptors (Lipinski definition) is 4. The molecule has 0 aliphatic heterocycles. The van der Waals surface area contributed by atoms with E-state index < -0.39 is 18.0 Å². The van der Waals surface area contributed by atoms with Crippen LogP contribution < -0.4 is 5.32 Å². The molecule has 0 unspecified atom stereocenters. The van der Waals surface area contributed by atoms with Crippen molar-refractivity contribution in [2.75, 3.05) is 0 Å². The predicted octanol–water partition coefficient (Wildman–Crippen LogP) is 3.10. The van der Waals surface area contributed by atoms with Gasteiger partial charge in [0.05, 0.1) is 12.0 Å². The summed E-state index contributed by atoms with van der Waals surface area (Å²) >= 11 is 0. The van der Waals surface area contributed by atoms with Crippen molar-refractivity contribution < 1.29 is 19.4 Å². The standard InChI is InChI=1S/C21H27NO4/c1-14(23)26-17-10-16(21(2,3)4)11-18(19(24)12-17)20(25)22-13-15-8-6-5-7-9-15/h5-11,18-19,24H,12-13H2,1-4H3,(H,22,25)/t18-,19-/m1/s1. The Balaban J connectivity index is 2.19. The van der Waals surface area contributed by atoms with Gasteiger partial charge in [-0.2, -0.15) is 0 Å². The van der Waals surface area contributed by atoms with Gasteiger partial charge in [-0.05, 0) is 22.6 Å². The average Bonchev–Trinajstić information content (AvgIpc) is 2.71. The fourth-order valence-corrected chi connectivity index (χ4v) is 2.79. The molecule has 2 rings (SSSR count). The van der Waals surface area contributed by atoms with E-state index in [1.165, 1.54) is 6.92 Å². The third-order valence-electron chi connectivity index (χ3n) is 4.25. The van der Waals surface area contributed by atoms with Crippen LogP contribution in [0.15, 0.2) is 53.8 Å². The summed E-state index contributed by atoms with van der Waals surface area (Å²) in [6.07, 6.45) is 2.69. The number of amides is 1. The zero-order valence-electron chi connectivity index (χ0n) is 15.8. The molecule has 0 radical (unpaired) electrons. The SMILES string of the molecule is CC(=O)OC1=CC(C(C)(C)C)=C[C@@H](C(=O)NCc2ccccc2)[C@H](O)C1. The topological polar surface area (TPSA) is 75.6 Å². The molecule has 2 N–H and O–H groups in total. The van der Waals surface area contributed by atoms with Gasteiger partial charge < -0.3 is 15.2 Å². The van der Waals surface area contributed by atoms with Crippen LogP contribution in [0, 0.1) is 11.3 Å². The Morgan fingerprint density at radius 1 is 1.23 bits per heavy atom. The molecule has 1 aromatic rings. The van der Waals surface area contributed by atoms with E-state index in [2.05, 4.69) is 5.32 Å². The van der Waals surface area contributed by atoms with Crippen molar-refractivity contribution in [3.05, 3.63) is 59.4 Å². The number of ether oxygens (including phenoxy) is 1. The van der Waals surface area contributed by atoms with Crippen LogP contribution in [0.5, 0.6) is 0 Å². The van der Waals surface area contributed by atoms with Crippen molar-refractivity contribution in [1.29, 1.82) is 0 Å². The number of aliphatic hydroxyl groups excluding tert-OH is 1. The third kappa shape index (κ3) is 5.56. The maximum Gasteiger partial charge on any atom is 0.307 e. The van der Waals surface area contributed by atoms with E-state index in [9.17, 15) is 14.7 Å². The molecule has 0 spiro atoms. The molecule has 26 heavy (non-hydrogen) atoms. The van der Waals surface area contributed by atoms with E-state index in [0.29, 0.717) is 12.3 Å². The molecule has 0 heterocycles. The molecule has 0 saturated carbocycles. The lowest BCUT2D eigenvalue weighted by Crippen LogP contribution is -2.36. The smallest absolute Gasteiger partial charge is 0.307 e. The second kappa shape index (κ2) is 8.32. The van der Waals surface area contributed by atoms with Crippen LogP contribution in [0.4, 0.5) is 0 Å². The molecular formula is C21H27NO4. The van der Waals surface area contributed by atoms with Gasteiger partial charge in [0.25, 0.3) is 0 Å². The maximum atomic E-state index is 12.7. The van der Waals surface area contributed by atoms with Crippen LogP contribution in [0.1, 0.15) is 39.7 Å². The quantitative estimate of drug-likeness (QED) is 0.812. The van der Waals surface area contributed by atoms with Gasteiger partial charge in [-0.1, -0.05) is 57.2 Å². The summed E-state index contributed by atoms with van der Waals surface area (Å²) < 4.78 is 5.21. The summed E-state index contributed by atoms with van der Waals surface area (Å²) in [5.41, 5.74) is 1.58. The van der Waals surface area contributed by atoms with Crippen LogP contribution in [0.3, 0.4) is 0 Å². The number of rotatable bonds is 4. The Morgan fingerprint density at radius 3 is 2.46 bits per heavy atom. The molecule has 0 fully saturated rings. The van der Waals surface area contributed by atoms with Gasteiger partial charge in [0.1, 0.15) is 5.76 Å². The molecule has 2 atom stereocenters. The van der Waals surface area contributed by atoms with Gasteiger partial charge in [0, 0.05) is 19.9 Å². The highest BCUT2D eigenvalue weighted by Gasteiger charge is 2.31. The van der Waals surface area contributed by atoms with Gasteiger partial charge in [-0.3, -0.25) is 9.59 Å². The maximum absolute atomic E-state index is 12.7. The van der Waals surface area contributed by atoms with Gasteiger partial charge >= 0.3 is 5.97 Å². The van der Waals surface area contributed by atoms with Crippen LogP contribution in [0.25, 0.3) is 0 Å². The summed E-state index contributed by atoms with van der Waals surface area (Å²) in [7, 11) is 0. The molecular weight excluding hydrogens is 330 g/mol. The molecule has 1 amide bonds. The second-order valence-electron chi connectivity index (χ2n) is 7.58. The minimum Gasteiger partial charge on any atom is -0.431 e. The summed E-state index contributed by atoms with van der Waals surface area (Å²) in [6, 6.07) is 9.60. The van der Waals surface area contributed by atoms with Crippen LogP contribution in [-0.2, 0) is 20.9 Å². The van der Waals surface area contributed by atoms with Gasteiger partial charge in [-0.25, -0.2) is 0 Å². The number of hydrogen-bond donors (Lipinski definition) is 2. The normalized spacial score (nSPS) is 20.5. The van der Waals surface area contributed by atoms with E-state index in [0.717, 1.165) is 11.1 Å². The molecule has 5 nitrogen and oxygen atoms in total. The number of benzene rings is 1. The number of carbonyl (C=O) groups is 2. The molecule has 5 heteroatoms. The minimum absolute atomic E-state index is 0.110. The Labute approximate surface area is 154 Å². The molecule has 1 aliphatic rings. The molecule has 0 saturated heterocycles. The van der Waals surface area contributed by atoms with Gasteiger partial charge in [-0.15, -0.1) is 0 Å². The summed E-state index contributed by atoms with van der Waals surface area (Å²) in [4.78, 5) is 24.0. The first-order valence-corrected chi connectivity index (χ1v) is 8.78. The van der Waals surface area contributed by atoms with Crippen molar-refractivity contribution in [1.82, 2.24) is 5.32 Å². The highest BCUT2D eigenvalue weighted by molar-refractivity contribution is 5.81. The van der Waals surface area contributed by atoms with E-state index >= 15 is 0 Å². The van der Waals surface area contributed by atoms with E-state index in [1.54, 1.807) is 12.2 Å². The third-order valence-corrected chi connectivity index (χ3v) is 4.25. The lowest BCUT2D eigenvalue weighted by molar-refractivity contribution is -0.137. The number of aliphatic hydroxyl groups is 1. The highest BCUT2D eigenvalue weighted by atomic mass is 16.5. The number of nitrogens with one attached hydrogen (secondary N) is 1. The number of allylic oxidation sites excluding steroid dienone is 2. The minimum atomic E-state index is -0.962. The van der Waals surface area contributed by atoms with Crippen LogP contribution in [-0.4, -0.2) is 23.1 Å². The van der Waals surface area contributed by atoms with E-state index in [1.807, 2.05) is 51.1 Å². The average molecular weight is 357 g/mol. The van der Waals surface area contributed by atoms with Crippen molar-refractivity contribution in [3.8, 4) is 0 Å². The van der Waals surface area contributed by atoms with E-state index in [4.69, 9.17) is 4.74 Å². The lowest BCUT2D eigenvalue weighted by atomic mass is 9.84. The fourth-order valence-electron chi connectivity index (χ4n) is 2.79. The first-order chi connectivity index (χ1) is 12.2. The monoisotopic (exact) mass is 357 g/mol. The van der Waals surface area contributed by atoms with Crippen molar-refractivity contribution in [3.63, 3.8) is 0 Å². The lowest BCUT2D eigenvalue weighted by Gasteiger charge is -2.22. The second-order valence-corrected chi connectivity index (χ2v) is 7.58. The molecule has 0 bridgehead atoms. The molecule has 0 aromatic heterocycles. The largest absolute Gasteiger partial charge is 0.431 e.